The third-order valence-electron chi connectivity index (χ3n) is 6.45. The van der Waals surface area contributed by atoms with Crippen molar-refractivity contribution in [2.24, 2.45) is 10.9 Å². The molecule has 1 aromatic carbocycles. The van der Waals surface area contributed by atoms with E-state index in [2.05, 4.69) is 38.0 Å². The van der Waals surface area contributed by atoms with Crippen LogP contribution in [0.25, 0.3) is 0 Å². The van der Waals surface area contributed by atoms with E-state index in [1.54, 1.807) is 14.2 Å². The number of ether oxygens (including phenoxy) is 1. The summed E-state index contributed by atoms with van der Waals surface area (Å²) in [6.45, 7) is 4.20. The molecule has 180 valence electrons. The topological polar surface area (TPSA) is 78.0 Å². The Bertz CT molecular complexity index is 718. The van der Waals surface area contributed by atoms with Gasteiger partial charge in [0.1, 0.15) is 5.75 Å². The van der Waals surface area contributed by atoms with Crippen LogP contribution < -0.4 is 20.7 Å². The van der Waals surface area contributed by atoms with Gasteiger partial charge in [-0.1, -0.05) is 31.0 Å². The van der Waals surface area contributed by atoms with Crippen molar-refractivity contribution in [1.29, 1.82) is 0 Å². The van der Waals surface area contributed by atoms with Crippen molar-refractivity contribution in [3.8, 4) is 5.75 Å². The SMILES string of the molecule is CN=C(NCCNC(=O)CC1CCCC1)NCC(c1ccccc1OC)N1CCCC1.I. The normalized spacial score (nSPS) is 18.1. The third kappa shape index (κ3) is 8.10. The molecule has 32 heavy (non-hydrogen) atoms. The molecular formula is C24H40IN5O2. The van der Waals surface area contributed by atoms with Crippen molar-refractivity contribution < 1.29 is 9.53 Å². The Balaban J connectivity index is 0.00000363. The lowest BCUT2D eigenvalue weighted by atomic mass is 10.0. The first-order valence-electron chi connectivity index (χ1n) is 11.8. The summed E-state index contributed by atoms with van der Waals surface area (Å²) < 4.78 is 5.63. The molecule has 1 atom stereocenters. The number of guanidine groups is 1. The summed E-state index contributed by atoms with van der Waals surface area (Å²) in [5, 5.41) is 9.82. The van der Waals surface area contributed by atoms with E-state index in [9.17, 15) is 4.79 Å². The molecule has 1 amide bonds. The second-order valence-electron chi connectivity index (χ2n) is 8.59. The van der Waals surface area contributed by atoms with E-state index in [0.717, 1.165) is 31.3 Å². The first-order valence-corrected chi connectivity index (χ1v) is 11.8. The molecule has 0 aromatic heterocycles. The van der Waals surface area contributed by atoms with Crippen LogP contribution in [-0.2, 0) is 4.79 Å². The average Bonchev–Trinajstić information content (AvgIpc) is 3.50. The third-order valence-corrected chi connectivity index (χ3v) is 6.45. The van der Waals surface area contributed by atoms with E-state index in [-0.39, 0.29) is 35.9 Å². The van der Waals surface area contributed by atoms with E-state index >= 15 is 0 Å². The zero-order chi connectivity index (χ0) is 21.9. The highest BCUT2D eigenvalue weighted by Crippen LogP contribution is 2.31. The van der Waals surface area contributed by atoms with Crippen molar-refractivity contribution in [3.63, 3.8) is 0 Å². The molecule has 1 aliphatic heterocycles. The Morgan fingerprint density at radius 2 is 1.78 bits per heavy atom. The largest absolute Gasteiger partial charge is 0.496 e. The van der Waals surface area contributed by atoms with Gasteiger partial charge in [0, 0.05) is 38.7 Å². The molecule has 2 aliphatic rings. The molecule has 1 saturated carbocycles. The van der Waals surface area contributed by atoms with Gasteiger partial charge in [-0.2, -0.15) is 0 Å². The van der Waals surface area contributed by atoms with Gasteiger partial charge in [0.15, 0.2) is 5.96 Å². The van der Waals surface area contributed by atoms with Crippen LogP contribution in [0, 0.1) is 5.92 Å². The minimum absolute atomic E-state index is 0. The van der Waals surface area contributed by atoms with Crippen LogP contribution in [0.3, 0.4) is 0 Å². The number of likely N-dealkylation sites (tertiary alicyclic amines) is 1. The van der Waals surface area contributed by atoms with Gasteiger partial charge >= 0.3 is 0 Å². The fourth-order valence-corrected chi connectivity index (χ4v) is 4.78. The maximum Gasteiger partial charge on any atom is 0.220 e. The molecule has 1 aromatic rings. The summed E-state index contributed by atoms with van der Waals surface area (Å²) in [7, 11) is 3.51. The lowest BCUT2D eigenvalue weighted by Gasteiger charge is -2.30. The molecule has 8 heteroatoms. The lowest BCUT2D eigenvalue weighted by Crippen LogP contribution is -2.45. The smallest absolute Gasteiger partial charge is 0.220 e. The molecule has 0 spiro atoms. The van der Waals surface area contributed by atoms with Crippen LogP contribution in [0.1, 0.15) is 56.6 Å². The lowest BCUT2D eigenvalue weighted by molar-refractivity contribution is -0.121. The van der Waals surface area contributed by atoms with Gasteiger partial charge < -0.3 is 20.7 Å². The molecule has 0 bridgehead atoms. The number of rotatable bonds is 10. The Labute approximate surface area is 210 Å². The average molecular weight is 558 g/mol. The first-order chi connectivity index (χ1) is 15.2. The second-order valence-corrected chi connectivity index (χ2v) is 8.59. The van der Waals surface area contributed by atoms with Crippen LogP contribution in [0.15, 0.2) is 29.3 Å². The van der Waals surface area contributed by atoms with Gasteiger partial charge in [-0.3, -0.25) is 14.7 Å². The van der Waals surface area contributed by atoms with Crippen molar-refractivity contribution >= 4 is 35.8 Å². The number of para-hydroxylation sites is 1. The van der Waals surface area contributed by atoms with E-state index in [1.165, 1.54) is 44.1 Å². The van der Waals surface area contributed by atoms with Gasteiger partial charge in [-0.25, -0.2) is 0 Å². The maximum absolute atomic E-state index is 12.1. The number of hydrogen-bond donors (Lipinski definition) is 3. The number of aliphatic imine (C=N–C) groups is 1. The van der Waals surface area contributed by atoms with Gasteiger partial charge in [0.05, 0.1) is 13.2 Å². The number of carbonyl (C=O) groups is 1. The summed E-state index contributed by atoms with van der Waals surface area (Å²) in [6, 6.07) is 8.49. The standard InChI is InChI=1S/C24H39N5O2.HI/c1-25-24(27-14-13-26-23(30)17-19-9-3-4-10-19)28-18-21(29-15-7-8-16-29)20-11-5-6-12-22(20)31-2;/h5-6,11-12,19,21H,3-4,7-10,13-18H2,1-2H3,(H,26,30)(H2,25,27,28);1H. The number of methoxy groups -OCH3 is 1. The fraction of sp³-hybridized carbons (Fsp3) is 0.667. The van der Waals surface area contributed by atoms with E-state index < -0.39 is 0 Å². The highest BCUT2D eigenvalue weighted by molar-refractivity contribution is 14.0. The van der Waals surface area contributed by atoms with Crippen molar-refractivity contribution in [1.82, 2.24) is 20.9 Å². The summed E-state index contributed by atoms with van der Waals surface area (Å²) >= 11 is 0. The molecule has 1 aliphatic carbocycles. The number of amides is 1. The van der Waals surface area contributed by atoms with Crippen LogP contribution in [-0.4, -0.2) is 63.6 Å². The Kier molecular flexibility index (Phi) is 12.2. The second kappa shape index (κ2) is 14.6. The van der Waals surface area contributed by atoms with Gasteiger partial charge in [0.2, 0.25) is 5.91 Å². The molecule has 7 nitrogen and oxygen atoms in total. The number of carbonyl (C=O) groups excluding carboxylic acids is 1. The molecule has 2 fully saturated rings. The van der Waals surface area contributed by atoms with E-state index in [0.29, 0.717) is 25.4 Å². The minimum atomic E-state index is 0. The molecule has 3 N–H and O–H groups in total. The van der Waals surface area contributed by atoms with E-state index in [4.69, 9.17) is 4.74 Å². The summed E-state index contributed by atoms with van der Waals surface area (Å²) in [4.78, 5) is 19.0. The van der Waals surface area contributed by atoms with Crippen LogP contribution in [0.4, 0.5) is 0 Å². The predicted octanol–water partition coefficient (Wildman–Crippen LogP) is 3.31. The monoisotopic (exact) mass is 557 g/mol. The zero-order valence-electron chi connectivity index (χ0n) is 19.6. The van der Waals surface area contributed by atoms with Crippen LogP contribution in [0.2, 0.25) is 0 Å². The number of benzene rings is 1. The Morgan fingerprint density at radius 3 is 2.47 bits per heavy atom. The van der Waals surface area contributed by atoms with Crippen LogP contribution in [0.5, 0.6) is 5.75 Å². The minimum Gasteiger partial charge on any atom is -0.496 e. The van der Waals surface area contributed by atoms with Gasteiger partial charge in [0.25, 0.3) is 0 Å². The Morgan fingerprint density at radius 1 is 1.09 bits per heavy atom. The summed E-state index contributed by atoms with van der Waals surface area (Å²) in [6.07, 6.45) is 8.09. The van der Waals surface area contributed by atoms with E-state index in [1.807, 2.05) is 12.1 Å². The molecule has 1 heterocycles. The van der Waals surface area contributed by atoms with Gasteiger partial charge in [-0.05, 0) is 50.8 Å². The Hall–Kier alpha value is -1.55. The summed E-state index contributed by atoms with van der Waals surface area (Å²) in [5.74, 6) is 2.43. The highest BCUT2D eigenvalue weighted by Gasteiger charge is 2.26. The molecule has 3 rings (SSSR count). The first kappa shape index (κ1) is 26.7. The molecular weight excluding hydrogens is 517 g/mol. The number of halogens is 1. The molecule has 1 saturated heterocycles. The highest BCUT2D eigenvalue weighted by atomic mass is 127. The van der Waals surface area contributed by atoms with Crippen LogP contribution >= 0.6 is 24.0 Å². The quantitative estimate of drug-likeness (QED) is 0.178. The number of hydrogen-bond acceptors (Lipinski definition) is 4. The zero-order valence-corrected chi connectivity index (χ0v) is 21.9. The molecule has 1 unspecified atom stereocenters. The van der Waals surface area contributed by atoms with Crippen molar-refractivity contribution in [2.75, 3.05) is 46.9 Å². The van der Waals surface area contributed by atoms with Crippen molar-refractivity contribution in [3.05, 3.63) is 29.8 Å². The van der Waals surface area contributed by atoms with Gasteiger partial charge in [-0.15, -0.1) is 24.0 Å². The maximum atomic E-state index is 12.1. The predicted molar refractivity (Wildman–Crippen MR) is 141 cm³/mol. The fourth-order valence-electron chi connectivity index (χ4n) is 4.78. The summed E-state index contributed by atoms with van der Waals surface area (Å²) in [5.41, 5.74) is 1.20. The van der Waals surface area contributed by atoms with Crippen molar-refractivity contribution in [2.45, 2.75) is 51.0 Å². The number of nitrogens with zero attached hydrogens (tertiary/aromatic N) is 2. The molecule has 0 radical (unpaired) electrons. The number of nitrogens with one attached hydrogen (secondary N) is 3.